The molecule has 2 heterocycles. The number of nitrogens with one attached hydrogen (secondary N) is 4. The van der Waals surface area contributed by atoms with Gasteiger partial charge in [0.15, 0.2) is 0 Å². The summed E-state index contributed by atoms with van der Waals surface area (Å²) in [5, 5.41) is 24.5. The molecule has 2 saturated carbocycles. The summed E-state index contributed by atoms with van der Waals surface area (Å²) in [5.74, 6) is 0.204. The van der Waals surface area contributed by atoms with Crippen LogP contribution in [0.5, 0.6) is 0 Å². The molecule has 228 valence electrons. The highest BCUT2D eigenvalue weighted by Gasteiger charge is 2.47. The van der Waals surface area contributed by atoms with E-state index >= 15 is 0 Å². The van der Waals surface area contributed by atoms with Crippen molar-refractivity contribution in [2.75, 3.05) is 46.9 Å². The molecular weight excluding hydrogens is 528 g/mol. The molecule has 9 nitrogen and oxygen atoms in total. The van der Waals surface area contributed by atoms with Crippen molar-refractivity contribution in [2.24, 2.45) is 11.8 Å². The van der Waals surface area contributed by atoms with E-state index in [0.717, 1.165) is 58.2 Å². The van der Waals surface area contributed by atoms with Gasteiger partial charge in [-0.1, -0.05) is 6.42 Å². The van der Waals surface area contributed by atoms with Crippen LogP contribution >= 0.6 is 11.6 Å². The van der Waals surface area contributed by atoms with Gasteiger partial charge >= 0.3 is 0 Å². The average Bonchev–Trinajstić information content (AvgIpc) is 2.94. The lowest BCUT2D eigenvalue weighted by Crippen LogP contribution is -2.66. The Hall–Kier alpha value is -0.990. The number of amides is 1. The van der Waals surface area contributed by atoms with Crippen molar-refractivity contribution in [3.05, 3.63) is 0 Å². The number of alkyl halides is 1. The number of carbonyl (C=O) groups is 1. The Kier molecular flexibility index (Phi) is 12.8. The maximum Gasteiger partial charge on any atom is 0.220 e. The molecule has 10 unspecified atom stereocenters. The highest BCUT2D eigenvalue weighted by atomic mass is 35.5. The second-order valence-electron chi connectivity index (χ2n) is 12.7. The first kappa shape index (κ1) is 31.9. The third-order valence-corrected chi connectivity index (χ3v) is 9.90. The van der Waals surface area contributed by atoms with Gasteiger partial charge in [0.1, 0.15) is 0 Å². The molecule has 4 aliphatic rings. The van der Waals surface area contributed by atoms with Gasteiger partial charge in [-0.15, -0.1) is 11.6 Å². The van der Waals surface area contributed by atoms with E-state index in [-0.39, 0.29) is 59.5 Å². The standard InChI is InChI=1S/C30H53ClN6O3/c1-4-39-28-16-25-23(15-26(28)36-29(38)9-7-13-37(2)3)30(20(17-32)18-34-25)35-21-10-11-27(24(31)14-21)40-19-22-8-5-6-12-33-22/h20-28,30,33-35H,4-16,18-19H2,1-3H3,(H,36,38). The Morgan fingerprint density at radius 2 is 1.95 bits per heavy atom. The average molecular weight is 581 g/mol. The number of fused-ring (bicyclic) bond motifs is 1. The fourth-order valence-corrected chi connectivity index (χ4v) is 7.70. The third kappa shape index (κ3) is 9.00. The maximum atomic E-state index is 12.8. The molecule has 1 amide bonds. The Labute approximate surface area is 246 Å². The predicted octanol–water partition coefficient (Wildman–Crippen LogP) is 2.39. The number of piperidine rings is 2. The van der Waals surface area contributed by atoms with Crippen molar-refractivity contribution in [1.82, 2.24) is 26.2 Å². The zero-order chi connectivity index (χ0) is 28.5. The zero-order valence-electron chi connectivity index (χ0n) is 24.9. The number of nitrogens with zero attached hydrogens (tertiary/aromatic N) is 2. The van der Waals surface area contributed by atoms with Crippen LogP contribution in [0.3, 0.4) is 0 Å². The van der Waals surface area contributed by atoms with Crippen molar-refractivity contribution in [2.45, 2.75) is 119 Å². The second kappa shape index (κ2) is 16.0. The number of hydrogen-bond acceptors (Lipinski definition) is 8. The quantitative estimate of drug-likeness (QED) is 0.261. The molecule has 2 saturated heterocycles. The number of halogens is 1. The minimum Gasteiger partial charge on any atom is -0.376 e. The number of nitriles is 1. The zero-order valence-corrected chi connectivity index (χ0v) is 25.6. The summed E-state index contributed by atoms with van der Waals surface area (Å²) in [6, 6.07) is 3.55. The van der Waals surface area contributed by atoms with E-state index in [1.807, 2.05) is 21.0 Å². The lowest BCUT2D eigenvalue weighted by Gasteiger charge is -2.50. The first-order chi connectivity index (χ1) is 19.4. The first-order valence-electron chi connectivity index (χ1n) is 15.8. The van der Waals surface area contributed by atoms with Crippen molar-refractivity contribution in [3.8, 4) is 6.07 Å². The molecule has 0 radical (unpaired) electrons. The number of rotatable bonds is 12. The first-order valence-corrected chi connectivity index (χ1v) is 16.2. The molecule has 10 heteroatoms. The normalized spacial score (nSPS) is 38.4. The molecule has 4 fully saturated rings. The SMILES string of the molecule is CCOC1CC2NCC(C#N)C(NC3CCC(OCC4CCCCN4)C(Cl)C3)C2CC1NC(=O)CCCN(C)C. The smallest absolute Gasteiger partial charge is 0.220 e. The highest BCUT2D eigenvalue weighted by molar-refractivity contribution is 6.21. The van der Waals surface area contributed by atoms with Crippen molar-refractivity contribution in [3.63, 3.8) is 0 Å². The Bertz CT molecular complexity index is 822. The monoisotopic (exact) mass is 580 g/mol. The minimum atomic E-state index is -0.124. The number of ether oxygens (including phenoxy) is 2. The molecule has 2 aliphatic carbocycles. The van der Waals surface area contributed by atoms with E-state index in [1.54, 1.807) is 0 Å². The lowest BCUT2D eigenvalue weighted by atomic mass is 9.69. The van der Waals surface area contributed by atoms with Gasteiger partial charge in [0.2, 0.25) is 5.91 Å². The van der Waals surface area contributed by atoms with Crippen LogP contribution in [0.1, 0.15) is 71.1 Å². The summed E-state index contributed by atoms with van der Waals surface area (Å²) < 4.78 is 12.4. The third-order valence-electron chi connectivity index (χ3n) is 9.44. The molecule has 4 rings (SSSR count). The van der Waals surface area contributed by atoms with Crippen molar-refractivity contribution < 1.29 is 14.3 Å². The van der Waals surface area contributed by atoms with E-state index in [0.29, 0.717) is 25.6 Å². The summed E-state index contributed by atoms with van der Waals surface area (Å²) in [5.41, 5.74) is 0. The summed E-state index contributed by atoms with van der Waals surface area (Å²) >= 11 is 6.89. The molecule has 0 bridgehead atoms. The second-order valence-corrected chi connectivity index (χ2v) is 13.3. The number of hydrogen-bond donors (Lipinski definition) is 4. The van der Waals surface area contributed by atoms with E-state index < -0.39 is 0 Å². The topological polar surface area (TPSA) is 111 Å². The van der Waals surface area contributed by atoms with Crippen LogP contribution in [0.25, 0.3) is 0 Å². The van der Waals surface area contributed by atoms with Crippen LogP contribution in [0, 0.1) is 23.2 Å². The van der Waals surface area contributed by atoms with Gasteiger partial charge < -0.3 is 35.6 Å². The van der Waals surface area contributed by atoms with Crippen molar-refractivity contribution >= 4 is 17.5 Å². The fraction of sp³-hybridized carbons (Fsp3) is 0.933. The Balaban J connectivity index is 1.34. The molecule has 0 aromatic carbocycles. The summed E-state index contributed by atoms with van der Waals surface area (Å²) in [7, 11) is 4.06. The molecule has 2 aliphatic heterocycles. The Morgan fingerprint density at radius 3 is 2.65 bits per heavy atom. The molecule has 40 heavy (non-hydrogen) atoms. The fourth-order valence-electron chi connectivity index (χ4n) is 7.29. The maximum absolute atomic E-state index is 12.8. The van der Waals surface area contributed by atoms with Gasteiger partial charge in [-0.3, -0.25) is 4.79 Å². The van der Waals surface area contributed by atoms with Gasteiger partial charge in [0.25, 0.3) is 0 Å². The molecule has 4 N–H and O–H groups in total. The van der Waals surface area contributed by atoms with E-state index in [2.05, 4.69) is 32.2 Å². The van der Waals surface area contributed by atoms with E-state index in [1.165, 1.54) is 19.3 Å². The molecule has 0 aromatic rings. The summed E-state index contributed by atoms with van der Waals surface area (Å²) in [4.78, 5) is 14.9. The Morgan fingerprint density at radius 1 is 1.10 bits per heavy atom. The highest BCUT2D eigenvalue weighted by Crippen LogP contribution is 2.36. The van der Waals surface area contributed by atoms with Crippen LogP contribution in [-0.2, 0) is 14.3 Å². The largest absolute Gasteiger partial charge is 0.376 e. The summed E-state index contributed by atoms with van der Waals surface area (Å²) in [6.45, 7) is 6.03. The van der Waals surface area contributed by atoms with E-state index in [4.69, 9.17) is 21.1 Å². The minimum absolute atomic E-state index is 0.0192. The van der Waals surface area contributed by atoms with Crippen LogP contribution in [0.2, 0.25) is 0 Å². The van der Waals surface area contributed by atoms with Gasteiger partial charge in [-0.2, -0.15) is 5.26 Å². The number of carbonyl (C=O) groups excluding carboxylic acids is 1. The van der Waals surface area contributed by atoms with Crippen molar-refractivity contribution in [1.29, 1.82) is 5.26 Å². The van der Waals surface area contributed by atoms with Crippen LogP contribution in [0.15, 0.2) is 0 Å². The molecule has 0 aromatic heterocycles. The van der Waals surface area contributed by atoms with Crippen LogP contribution < -0.4 is 21.3 Å². The van der Waals surface area contributed by atoms with Crippen LogP contribution in [0.4, 0.5) is 0 Å². The van der Waals surface area contributed by atoms with Gasteiger partial charge in [0.05, 0.1) is 42.2 Å². The van der Waals surface area contributed by atoms with Gasteiger partial charge in [-0.05, 0) is 91.4 Å². The predicted molar refractivity (Wildman–Crippen MR) is 158 cm³/mol. The van der Waals surface area contributed by atoms with E-state index in [9.17, 15) is 10.1 Å². The molecule has 10 atom stereocenters. The van der Waals surface area contributed by atoms with Crippen LogP contribution in [-0.4, -0.2) is 106 Å². The molecular formula is C30H53ClN6O3. The van der Waals surface area contributed by atoms with Gasteiger partial charge in [0, 0.05) is 43.7 Å². The van der Waals surface area contributed by atoms with Gasteiger partial charge in [-0.25, -0.2) is 0 Å². The summed E-state index contributed by atoms with van der Waals surface area (Å²) in [6.07, 6.45) is 9.54. The lowest BCUT2D eigenvalue weighted by molar-refractivity contribution is -0.124. The molecule has 0 spiro atoms.